The van der Waals surface area contributed by atoms with Gasteiger partial charge in [-0.3, -0.25) is 19.2 Å². The van der Waals surface area contributed by atoms with Gasteiger partial charge < -0.3 is 18.9 Å². The summed E-state index contributed by atoms with van der Waals surface area (Å²) in [6.07, 6.45) is 22.5. The van der Waals surface area contributed by atoms with Gasteiger partial charge in [0.2, 0.25) is 0 Å². The van der Waals surface area contributed by atoms with Crippen molar-refractivity contribution >= 4 is 23.9 Å². The van der Waals surface area contributed by atoms with Crippen LogP contribution >= 0.6 is 0 Å². The minimum atomic E-state index is -0.164. The van der Waals surface area contributed by atoms with Crippen LogP contribution in [0.5, 0.6) is 0 Å². The Hall–Kier alpha value is -2.12. The molecule has 0 bridgehead atoms. The Morgan fingerprint density at radius 3 is 0.795 bits per heavy atom. The Morgan fingerprint density at radius 2 is 0.523 bits per heavy atom. The monoisotopic (exact) mass is 628 g/mol. The summed E-state index contributed by atoms with van der Waals surface area (Å²) in [7, 11) is 0. The quantitative estimate of drug-likeness (QED) is 0.0440. The van der Waals surface area contributed by atoms with E-state index in [1.54, 1.807) is 0 Å². The lowest BCUT2D eigenvalue weighted by Gasteiger charge is -2.06. The van der Waals surface area contributed by atoms with E-state index < -0.39 is 0 Å². The Kier molecular flexibility index (Phi) is 37.1. The zero-order chi connectivity index (χ0) is 32.9. The second-order valence-electron chi connectivity index (χ2n) is 11.5. The van der Waals surface area contributed by atoms with E-state index in [1.807, 2.05) is 0 Å². The van der Waals surface area contributed by atoms with Crippen molar-refractivity contribution in [2.24, 2.45) is 0 Å². The standard InChI is InChI=1S/C22H42O4.C14H26O4/c1-3-5-7-9-11-15-19-25-21(23)17-13-14-18-22(24)26-20-16-12-10-8-6-4-2;1-3-5-11-17-13(15)9-7-8-10-14(16)18-12-6-4-2/h3-20H2,1-2H3;3-12H2,1-2H3. The number of hydrogen-bond acceptors (Lipinski definition) is 8. The maximum Gasteiger partial charge on any atom is 0.305 e. The highest BCUT2D eigenvalue weighted by molar-refractivity contribution is 5.71. The van der Waals surface area contributed by atoms with E-state index in [0.29, 0.717) is 77.8 Å². The molecule has 0 spiro atoms. The zero-order valence-electron chi connectivity index (χ0n) is 29.1. The molecule has 0 radical (unpaired) electrons. The minimum Gasteiger partial charge on any atom is -0.466 e. The van der Waals surface area contributed by atoms with Gasteiger partial charge in [-0.05, 0) is 51.4 Å². The first kappa shape index (κ1) is 44.0. The van der Waals surface area contributed by atoms with Crippen molar-refractivity contribution in [1.82, 2.24) is 0 Å². The minimum absolute atomic E-state index is 0.140. The van der Waals surface area contributed by atoms with Crippen molar-refractivity contribution in [3.8, 4) is 0 Å². The second kappa shape index (κ2) is 37.1. The van der Waals surface area contributed by atoms with E-state index in [2.05, 4.69) is 27.7 Å². The van der Waals surface area contributed by atoms with Gasteiger partial charge in [-0.2, -0.15) is 0 Å². The highest BCUT2D eigenvalue weighted by Gasteiger charge is 2.07. The summed E-state index contributed by atoms with van der Waals surface area (Å²) < 4.78 is 20.5. The largest absolute Gasteiger partial charge is 0.466 e. The van der Waals surface area contributed by atoms with E-state index in [9.17, 15) is 19.2 Å². The molecule has 44 heavy (non-hydrogen) atoms. The fourth-order valence-corrected chi connectivity index (χ4v) is 4.16. The molecule has 0 aliphatic heterocycles. The molecule has 0 aromatic carbocycles. The van der Waals surface area contributed by atoms with Gasteiger partial charge in [0.25, 0.3) is 0 Å². The Bertz CT molecular complexity index is 609. The molecule has 0 N–H and O–H groups in total. The van der Waals surface area contributed by atoms with Crippen LogP contribution < -0.4 is 0 Å². The van der Waals surface area contributed by atoms with E-state index in [4.69, 9.17) is 18.9 Å². The van der Waals surface area contributed by atoms with Gasteiger partial charge in [-0.15, -0.1) is 0 Å². The van der Waals surface area contributed by atoms with Crippen molar-refractivity contribution in [3.05, 3.63) is 0 Å². The molecule has 0 unspecified atom stereocenters. The predicted molar refractivity (Wildman–Crippen MR) is 177 cm³/mol. The summed E-state index contributed by atoms with van der Waals surface area (Å²) in [4.78, 5) is 45.7. The van der Waals surface area contributed by atoms with Gasteiger partial charge in [-0.1, -0.05) is 105 Å². The molecule has 0 aliphatic rings. The molecular formula is C36H68O8. The molecule has 8 nitrogen and oxygen atoms in total. The molecule has 0 aromatic rings. The third-order valence-electron chi connectivity index (χ3n) is 7.07. The Balaban J connectivity index is 0. The van der Waals surface area contributed by atoms with E-state index in [0.717, 1.165) is 51.4 Å². The van der Waals surface area contributed by atoms with E-state index >= 15 is 0 Å². The fourth-order valence-electron chi connectivity index (χ4n) is 4.16. The lowest BCUT2D eigenvalue weighted by Crippen LogP contribution is -2.08. The number of ether oxygens (including phenoxy) is 4. The molecular weight excluding hydrogens is 560 g/mol. The molecule has 0 aliphatic carbocycles. The first-order chi connectivity index (χ1) is 21.4. The molecule has 0 rings (SSSR count). The summed E-state index contributed by atoms with van der Waals surface area (Å²) in [5.74, 6) is -0.608. The summed E-state index contributed by atoms with van der Waals surface area (Å²) in [6.45, 7) is 10.6. The molecule has 8 heteroatoms. The van der Waals surface area contributed by atoms with Gasteiger partial charge in [0.1, 0.15) is 0 Å². The third kappa shape index (κ3) is 37.9. The van der Waals surface area contributed by atoms with Crippen LogP contribution in [-0.2, 0) is 38.1 Å². The molecule has 0 saturated heterocycles. The van der Waals surface area contributed by atoms with Crippen molar-refractivity contribution in [2.75, 3.05) is 26.4 Å². The molecule has 0 fully saturated rings. The van der Waals surface area contributed by atoms with Crippen molar-refractivity contribution < 1.29 is 38.1 Å². The lowest BCUT2D eigenvalue weighted by atomic mass is 10.1. The number of unbranched alkanes of at least 4 members (excludes halogenated alkanes) is 14. The van der Waals surface area contributed by atoms with Gasteiger partial charge in [0.15, 0.2) is 0 Å². The second-order valence-corrected chi connectivity index (χ2v) is 11.5. The average molecular weight is 629 g/mol. The number of rotatable bonds is 30. The molecule has 0 saturated carbocycles. The van der Waals surface area contributed by atoms with Crippen molar-refractivity contribution in [2.45, 2.75) is 182 Å². The first-order valence-electron chi connectivity index (χ1n) is 18.0. The highest BCUT2D eigenvalue weighted by atomic mass is 16.5. The highest BCUT2D eigenvalue weighted by Crippen LogP contribution is 2.08. The smallest absolute Gasteiger partial charge is 0.305 e. The topological polar surface area (TPSA) is 105 Å². The molecule has 0 aromatic heterocycles. The molecule has 0 heterocycles. The van der Waals surface area contributed by atoms with E-state index in [-0.39, 0.29) is 23.9 Å². The van der Waals surface area contributed by atoms with Crippen LogP contribution in [0.1, 0.15) is 182 Å². The summed E-state index contributed by atoms with van der Waals surface area (Å²) >= 11 is 0. The van der Waals surface area contributed by atoms with E-state index in [1.165, 1.54) is 51.4 Å². The van der Waals surface area contributed by atoms with Crippen molar-refractivity contribution in [1.29, 1.82) is 0 Å². The van der Waals surface area contributed by atoms with Crippen LogP contribution in [-0.4, -0.2) is 50.3 Å². The van der Waals surface area contributed by atoms with Crippen LogP contribution in [0.25, 0.3) is 0 Å². The SMILES string of the molecule is CCCCCCCCOC(=O)CCCCC(=O)OCCCCCCCC.CCCCOC(=O)CCCCC(=O)OCCCC. The van der Waals surface area contributed by atoms with Crippen LogP contribution in [0.3, 0.4) is 0 Å². The summed E-state index contributed by atoms with van der Waals surface area (Å²) in [5, 5.41) is 0. The van der Waals surface area contributed by atoms with Gasteiger partial charge in [0, 0.05) is 25.7 Å². The Morgan fingerprint density at radius 1 is 0.295 bits per heavy atom. The first-order valence-corrected chi connectivity index (χ1v) is 18.0. The summed E-state index contributed by atoms with van der Waals surface area (Å²) in [6, 6.07) is 0. The Labute approximate surface area is 270 Å². The number of carbonyl (C=O) groups is 4. The normalized spacial score (nSPS) is 10.5. The van der Waals surface area contributed by atoms with Gasteiger partial charge in [0.05, 0.1) is 26.4 Å². The molecule has 0 atom stereocenters. The van der Waals surface area contributed by atoms with Crippen molar-refractivity contribution in [3.63, 3.8) is 0 Å². The molecule has 260 valence electrons. The average Bonchev–Trinajstić information content (AvgIpc) is 3.01. The predicted octanol–water partition coefficient (Wildman–Crippen LogP) is 9.59. The summed E-state index contributed by atoms with van der Waals surface area (Å²) in [5.41, 5.74) is 0. The van der Waals surface area contributed by atoms with Gasteiger partial charge in [-0.25, -0.2) is 0 Å². The number of esters is 4. The van der Waals surface area contributed by atoms with Gasteiger partial charge >= 0.3 is 23.9 Å². The maximum absolute atomic E-state index is 11.6. The van der Waals surface area contributed by atoms with Crippen LogP contribution in [0.15, 0.2) is 0 Å². The fraction of sp³-hybridized carbons (Fsp3) is 0.889. The lowest BCUT2D eigenvalue weighted by molar-refractivity contribution is -0.146. The number of carbonyl (C=O) groups excluding carboxylic acids is 4. The van der Waals surface area contributed by atoms with Crippen LogP contribution in [0.2, 0.25) is 0 Å². The third-order valence-corrected chi connectivity index (χ3v) is 7.07. The van der Waals surface area contributed by atoms with Crippen LogP contribution in [0.4, 0.5) is 0 Å². The van der Waals surface area contributed by atoms with Crippen LogP contribution in [0, 0.1) is 0 Å². The number of hydrogen-bond donors (Lipinski definition) is 0. The molecule has 0 amide bonds. The maximum atomic E-state index is 11.6. The zero-order valence-corrected chi connectivity index (χ0v) is 29.1.